The third kappa shape index (κ3) is 3.90. The molecule has 0 amide bonds. The summed E-state index contributed by atoms with van der Waals surface area (Å²) in [5, 5.41) is 7.82. The molecule has 1 atom stereocenters. The van der Waals surface area contributed by atoms with Crippen molar-refractivity contribution in [2.75, 3.05) is 0 Å². The van der Waals surface area contributed by atoms with E-state index in [-0.39, 0.29) is 5.41 Å². The van der Waals surface area contributed by atoms with Gasteiger partial charge in [0.2, 0.25) is 0 Å². The Morgan fingerprint density at radius 1 is 0.521 bits per heavy atom. The van der Waals surface area contributed by atoms with E-state index in [4.69, 9.17) is 0 Å². The molecule has 7 aromatic rings. The molecule has 1 unspecified atom stereocenters. The smallest absolute Gasteiger partial charge is 0.0211 e. The maximum absolute atomic E-state index is 2.46. The van der Waals surface area contributed by atoms with Crippen molar-refractivity contribution in [3.05, 3.63) is 186 Å². The number of hydrogen-bond donors (Lipinski definition) is 0. The van der Waals surface area contributed by atoms with E-state index in [1.54, 1.807) is 0 Å². The van der Waals surface area contributed by atoms with E-state index in [1.807, 2.05) is 0 Å². The lowest BCUT2D eigenvalue weighted by atomic mass is 9.80. The van der Waals surface area contributed by atoms with E-state index in [0.29, 0.717) is 5.92 Å². The van der Waals surface area contributed by atoms with Gasteiger partial charge in [-0.3, -0.25) is 0 Å². The molecular formula is C48H34. The van der Waals surface area contributed by atoms with Crippen LogP contribution >= 0.6 is 0 Å². The summed E-state index contributed by atoms with van der Waals surface area (Å²) in [5.41, 5.74) is 14.6. The van der Waals surface area contributed by atoms with Gasteiger partial charge in [-0.05, 0) is 99.6 Å². The molecule has 3 aliphatic rings. The van der Waals surface area contributed by atoms with Crippen LogP contribution < -0.4 is 0 Å². The highest BCUT2D eigenvalue weighted by Gasteiger charge is 2.37. The van der Waals surface area contributed by atoms with Gasteiger partial charge in [-0.1, -0.05) is 172 Å². The van der Waals surface area contributed by atoms with Gasteiger partial charge in [-0.25, -0.2) is 0 Å². The first-order valence-electron chi connectivity index (χ1n) is 17.1. The third-order valence-corrected chi connectivity index (χ3v) is 11.0. The monoisotopic (exact) mass is 610 g/mol. The second kappa shape index (κ2) is 10.1. The zero-order valence-electron chi connectivity index (χ0n) is 27.2. The first kappa shape index (κ1) is 27.4. The molecule has 226 valence electrons. The van der Waals surface area contributed by atoms with Crippen molar-refractivity contribution in [2.45, 2.75) is 19.3 Å². The summed E-state index contributed by atoms with van der Waals surface area (Å²) in [6.45, 7) is 4.77. The minimum atomic E-state index is -0.0688. The molecule has 3 aliphatic carbocycles. The molecule has 0 spiro atoms. The lowest BCUT2D eigenvalue weighted by molar-refractivity contribution is 0.666. The van der Waals surface area contributed by atoms with Gasteiger partial charge in [0.15, 0.2) is 0 Å². The first-order chi connectivity index (χ1) is 23.6. The summed E-state index contributed by atoms with van der Waals surface area (Å²) in [5.74, 6) is 0.392. The maximum atomic E-state index is 2.46. The molecule has 7 aromatic carbocycles. The normalized spacial score (nSPS) is 17.0. The van der Waals surface area contributed by atoms with Crippen LogP contribution in [0.5, 0.6) is 0 Å². The number of fused-ring (bicyclic) bond motifs is 8. The Morgan fingerprint density at radius 2 is 1.12 bits per heavy atom. The Balaban J connectivity index is 1.16. The SMILES string of the molecule is CC1(C)c2ccc(-c3c4ccccc4c(-c4ccc(C5=CC6C=CC=CC6=C5)cc4)c4ccccc34)cc2-c2ccc3ccccc3c21. The molecule has 0 heterocycles. The van der Waals surface area contributed by atoms with Gasteiger partial charge in [-0.15, -0.1) is 0 Å². The van der Waals surface area contributed by atoms with E-state index in [0.717, 1.165) is 0 Å². The van der Waals surface area contributed by atoms with Crippen LogP contribution in [0.25, 0.3) is 71.3 Å². The lowest BCUT2D eigenvalue weighted by Crippen LogP contribution is -2.15. The molecule has 0 aromatic heterocycles. The fraction of sp³-hybridized carbons (Fsp3) is 0.0833. The molecule has 0 saturated carbocycles. The number of benzene rings is 7. The highest BCUT2D eigenvalue weighted by Crippen LogP contribution is 2.53. The zero-order valence-corrected chi connectivity index (χ0v) is 27.2. The van der Waals surface area contributed by atoms with Crippen LogP contribution in [0.2, 0.25) is 0 Å². The summed E-state index contributed by atoms with van der Waals surface area (Å²) in [7, 11) is 0. The minimum absolute atomic E-state index is 0.0688. The number of allylic oxidation sites excluding steroid dienone is 8. The summed E-state index contributed by atoms with van der Waals surface area (Å²) in [6, 6.07) is 47.9. The Labute approximate surface area is 281 Å². The van der Waals surface area contributed by atoms with Crippen molar-refractivity contribution in [3.63, 3.8) is 0 Å². The van der Waals surface area contributed by atoms with E-state index < -0.39 is 0 Å². The first-order valence-corrected chi connectivity index (χ1v) is 17.1. The fourth-order valence-electron chi connectivity index (χ4n) is 8.82. The van der Waals surface area contributed by atoms with Crippen molar-refractivity contribution >= 4 is 37.9 Å². The number of hydrogen-bond acceptors (Lipinski definition) is 0. The van der Waals surface area contributed by atoms with Crippen molar-refractivity contribution in [1.29, 1.82) is 0 Å². The van der Waals surface area contributed by atoms with Crippen LogP contribution in [-0.2, 0) is 5.41 Å². The second-order valence-electron chi connectivity index (χ2n) is 14.0. The van der Waals surface area contributed by atoms with Crippen molar-refractivity contribution in [1.82, 2.24) is 0 Å². The van der Waals surface area contributed by atoms with E-state index >= 15 is 0 Å². The summed E-state index contributed by atoms with van der Waals surface area (Å²) >= 11 is 0. The van der Waals surface area contributed by atoms with Crippen LogP contribution in [0.1, 0.15) is 30.5 Å². The molecule has 0 nitrogen and oxygen atoms in total. The average Bonchev–Trinajstić information content (AvgIpc) is 3.67. The van der Waals surface area contributed by atoms with Gasteiger partial charge in [0.05, 0.1) is 0 Å². The molecule has 0 saturated heterocycles. The molecule has 0 heteroatoms. The molecule has 0 radical (unpaired) electrons. The minimum Gasteiger partial charge on any atom is -0.0732 e. The largest absolute Gasteiger partial charge is 0.0732 e. The van der Waals surface area contributed by atoms with Crippen molar-refractivity contribution in [3.8, 4) is 33.4 Å². The maximum Gasteiger partial charge on any atom is 0.0211 e. The van der Waals surface area contributed by atoms with Gasteiger partial charge < -0.3 is 0 Å². The van der Waals surface area contributed by atoms with Crippen LogP contribution in [0.4, 0.5) is 0 Å². The molecule has 10 rings (SSSR count). The summed E-state index contributed by atoms with van der Waals surface area (Å²) in [4.78, 5) is 0. The average molecular weight is 611 g/mol. The molecule has 0 fully saturated rings. The molecule has 48 heavy (non-hydrogen) atoms. The Hall–Kier alpha value is -5.72. The lowest BCUT2D eigenvalue weighted by Gasteiger charge is -2.23. The second-order valence-corrected chi connectivity index (χ2v) is 14.0. The van der Waals surface area contributed by atoms with Crippen LogP contribution in [0.15, 0.2) is 169 Å². The standard InChI is InChI=1S/C48H34/c1-48(2)44-26-24-35(29-43(44)42-25-23-31-11-5-6-14-37(31)47(42)48)46-40-17-9-7-15-38(40)45(39-16-8-10-18-41(39)46)32-21-19-30(20-22-32)36-27-33-12-3-4-13-34(33)28-36/h3-29,33H,1-2H3. The predicted molar refractivity (Wildman–Crippen MR) is 205 cm³/mol. The summed E-state index contributed by atoms with van der Waals surface area (Å²) < 4.78 is 0. The summed E-state index contributed by atoms with van der Waals surface area (Å²) in [6.07, 6.45) is 13.5. The van der Waals surface area contributed by atoms with Crippen LogP contribution in [-0.4, -0.2) is 0 Å². The van der Waals surface area contributed by atoms with Gasteiger partial charge >= 0.3 is 0 Å². The van der Waals surface area contributed by atoms with Crippen LogP contribution in [0.3, 0.4) is 0 Å². The molecule has 0 N–H and O–H groups in total. The van der Waals surface area contributed by atoms with Gasteiger partial charge in [-0.2, -0.15) is 0 Å². The highest BCUT2D eigenvalue weighted by molar-refractivity contribution is 6.21. The van der Waals surface area contributed by atoms with Crippen molar-refractivity contribution < 1.29 is 0 Å². The van der Waals surface area contributed by atoms with E-state index in [1.165, 1.54) is 93.5 Å². The van der Waals surface area contributed by atoms with Gasteiger partial charge in [0.25, 0.3) is 0 Å². The Kier molecular flexibility index (Phi) is 5.79. The predicted octanol–water partition coefficient (Wildman–Crippen LogP) is 12.9. The van der Waals surface area contributed by atoms with E-state index in [9.17, 15) is 0 Å². The zero-order chi connectivity index (χ0) is 32.0. The van der Waals surface area contributed by atoms with E-state index in [2.05, 4.69) is 178 Å². The molecule has 0 bridgehead atoms. The van der Waals surface area contributed by atoms with Crippen molar-refractivity contribution in [2.24, 2.45) is 5.92 Å². The third-order valence-electron chi connectivity index (χ3n) is 11.0. The quantitative estimate of drug-likeness (QED) is 0.175. The Bertz CT molecular complexity index is 2560. The Morgan fingerprint density at radius 3 is 1.81 bits per heavy atom. The molecular weight excluding hydrogens is 577 g/mol. The molecule has 0 aliphatic heterocycles. The van der Waals surface area contributed by atoms with Gasteiger partial charge in [0.1, 0.15) is 0 Å². The highest BCUT2D eigenvalue weighted by atomic mass is 14.4. The fourth-order valence-corrected chi connectivity index (χ4v) is 8.82. The number of rotatable bonds is 3. The topological polar surface area (TPSA) is 0 Å². The van der Waals surface area contributed by atoms with Gasteiger partial charge in [0, 0.05) is 11.3 Å². The van der Waals surface area contributed by atoms with Crippen LogP contribution in [0, 0.1) is 5.92 Å².